The summed E-state index contributed by atoms with van der Waals surface area (Å²) in [6.45, 7) is 5.92. The van der Waals surface area contributed by atoms with E-state index in [9.17, 15) is 4.39 Å². The van der Waals surface area contributed by atoms with Crippen LogP contribution >= 0.6 is 11.6 Å². The summed E-state index contributed by atoms with van der Waals surface area (Å²) >= 11 is 6.25. The first-order valence-electron chi connectivity index (χ1n) is 6.85. The van der Waals surface area contributed by atoms with E-state index in [-0.39, 0.29) is 11.2 Å². The van der Waals surface area contributed by atoms with E-state index in [1.54, 1.807) is 6.92 Å². The number of rotatable bonds is 3. The Morgan fingerprint density at radius 2 is 2.26 bits per heavy atom. The van der Waals surface area contributed by atoms with E-state index in [0.29, 0.717) is 23.0 Å². The zero-order valence-electron chi connectivity index (χ0n) is 11.5. The van der Waals surface area contributed by atoms with Gasteiger partial charge >= 0.3 is 0 Å². The lowest BCUT2D eigenvalue weighted by molar-refractivity contribution is 0.617. The molecule has 1 aliphatic carbocycles. The first kappa shape index (κ1) is 12.9. The summed E-state index contributed by atoms with van der Waals surface area (Å²) in [4.78, 5) is 4.54. The summed E-state index contributed by atoms with van der Waals surface area (Å²) in [5, 5.41) is -0.158. The maximum absolute atomic E-state index is 13.7. The summed E-state index contributed by atoms with van der Waals surface area (Å²) in [7, 11) is 0. The van der Waals surface area contributed by atoms with E-state index < -0.39 is 0 Å². The van der Waals surface area contributed by atoms with Crippen LogP contribution < -0.4 is 0 Å². The zero-order chi connectivity index (χ0) is 13.7. The Morgan fingerprint density at radius 1 is 1.53 bits per heavy atom. The Labute approximate surface area is 117 Å². The summed E-state index contributed by atoms with van der Waals surface area (Å²) in [6.07, 6.45) is 2.34. The lowest BCUT2D eigenvalue weighted by Gasteiger charge is -2.10. The molecular weight excluding hydrogens is 263 g/mol. The van der Waals surface area contributed by atoms with Gasteiger partial charge in [0, 0.05) is 12.1 Å². The molecule has 1 aromatic heterocycles. The lowest BCUT2D eigenvalue weighted by Crippen LogP contribution is -2.03. The molecule has 1 fully saturated rings. The van der Waals surface area contributed by atoms with Gasteiger partial charge in [-0.1, -0.05) is 13.3 Å². The fraction of sp³-hybridized carbons (Fsp3) is 0.533. The molecule has 0 saturated heterocycles. The molecule has 3 atom stereocenters. The summed E-state index contributed by atoms with van der Waals surface area (Å²) < 4.78 is 15.9. The monoisotopic (exact) mass is 280 g/mol. The number of fused-ring (bicyclic) bond motifs is 1. The molecule has 3 unspecified atom stereocenters. The molecule has 2 aromatic rings. The average Bonchev–Trinajstić information content (AvgIpc) is 3.05. The normalized spacial score (nSPS) is 23.8. The molecule has 0 radical (unpaired) electrons. The minimum atomic E-state index is -0.200. The predicted molar refractivity (Wildman–Crippen MR) is 76.1 cm³/mol. The number of aromatic nitrogens is 2. The third kappa shape index (κ3) is 2.04. The van der Waals surface area contributed by atoms with Gasteiger partial charge in [-0.05, 0) is 37.8 Å². The number of hydrogen-bond donors (Lipinski definition) is 0. The number of imidazole rings is 1. The van der Waals surface area contributed by atoms with Gasteiger partial charge < -0.3 is 4.57 Å². The first-order chi connectivity index (χ1) is 9.02. The van der Waals surface area contributed by atoms with E-state index in [0.717, 1.165) is 11.3 Å². The molecule has 3 rings (SSSR count). The Bertz CT molecular complexity index is 633. The minimum absolute atomic E-state index is 0.158. The van der Waals surface area contributed by atoms with Gasteiger partial charge in [0.15, 0.2) is 0 Å². The molecule has 0 spiro atoms. The fourth-order valence-electron chi connectivity index (χ4n) is 2.85. The van der Waals surface area contributed by atoms with Crippen LogP contribution in [0.2, 0.25) is 0 Å². The highest BCUT2D eigenvalue weighted by Crippen LogP contribution is 2.48. The summed E-state index contributed by atoms with van der Waals surface area (Å²) in [5.41, 5.74) is 2.39. The van der Waals surface area contributed by atoms with E-state index in [1.807, 2.05) is 13.0 Å². The lowest BCUT2D eigenvalue weighted by atomic mass is 10.2. The van der Waals surface area contributed by atoms with Crippen LogP contribution in [0.3, 0.4) is 0 Å². The second-order valence-corrected chi connectivity index (χ2v) is 6.17. The largest absolute Gasteiger partial charge is 0.323 e. The van der Waals surface area contributed by atoms with Gasteiger partial charge in [0.25, 0.3) is 0 Å². The van der Waals surface area contributed by atoms with Crippen molar-refractivity contribution in [1.82, 2.24) is 9.55 Å². The van der Waals surface area contributed by atoms with Gasteiger partial charge in [-0.15, -0.1) is 11.6 Å². The molecule has 2 nitrogen and oxygen atoms in total. The quantitative estimate of drug-likeness (QED) is 0.742. The van der Waals surface area contributed by atoms with Crippen molar-refractivity contribution < 1.29 is 4.39 Å². The molecule has 0 aliphatic heterocycles. The Balaban J connectivity index is 2.21. The van der Waals surface area contributed by atoms with Crippen molar-refractivity contribution >= 4 is 22.6 Å². The maximum Gasteiger partial charge on any atom is 0.128 e. The topological polar surface area (TPSA) is 17.8 Å². The highest BCUT2D eigenvalue weighted by Gasteiger charge is 2.39. The third-order valence-electron chi connectivity index (χ3n) is 4.09. The Morgan fingerprint density at radius 3 is 2.84 bits per heavy atom. The van der Waals surface area contributed by atoms with Gasteiger partial charge in [-0.3, -0.25) is 0 Å². The van der Waals surface area contributed by atoms with Crippen LogP contribution in [0.5, 0.6) is 0 Å². The second-order valence-electron chi connectivity index (χ2n) is 5.52. The molecule has 0 N–H and O–H groups in total. The van der Waals surface area contributed by atoms with Crippen molar-refractivity contribution in [3.63, 3.8) is 0 Å². The fourth-order valence-corrected chi connectivity index (χ4v) is 3.01. The SMILES string of the molecule is CCC1CC1n1c(C(C)Cl)nc2cc(F)c(C)cc21. The Kier molecular flexibility index (Phi) is 3.05. The van der Waals surface area contributed by atoms with Crippen molar-refractivity contribution in [2.75, 3.05) is 0 Å². The number of nitrogens with zero attached hydrogens (tertiary/aromatic N) is 2. The van der Waals surface area contributed by atoms with Crippen LogP contribution in [-0.4, -0.2) is 9.55 Å². The van der Waals surface area contributed by atoms with Crippen LogP contribution in [0.25, 0.3) is 11.0 Å². The van der Waals surface area contributed by atoms with Crippen LogP contribution in [0.4, 0.5) is 4.39 Å². The van der Waals surface area contributed by atoms with Crippen molar-refractivity contribution in [3.05, 3.63) is 29.3 Å². The van der Waals surface area contributed by atoms with Crippen LogP contribution in [0.1, 0.15) is 49.5 Å². The molecule has 4 heteroatoms. The van der Waals surface area contributed by atoms with Crippen molar-refractivity contribution in [2.45, 2.75) is 45.0 Å². The standard InChI is InChI=1S/C15H18ClFN2/c1-4-10-6-13(10)19-14-5-8(2)11(17)7-12(14)18-15(19)9(3)16/h5,7,9-10,13H,4,6H2,1-3H3. The summed E-state index contributed by atoms with van der Waals surface area (Å²) in [5.74, 6) is 1.37. The second kappa shape index (κ2) is 4.48. The van der Waals surface area contributed by atoms with Crippen LogP contribution in [-0.2, 0) is 0 Å². The molecular formula is C15H18ClFN2. The third-order valence-corrected chi connectivity index (χ3v) is 4.29. The molecule has 1 aromatic carbocycles. The molecule has 102 valence electrons. The molecule has 1 heterocycles. The number of halogens is 2. The maximum atomic E-state index is 13.7. The number of alkyl halides is 1. The van der Waals surface area contributed by atoms with Gasteiger partial charge in [-0.2, -0.15) is 0 Å². The number of aryl methyl sites for hydroxylation is 1. The average molecular weight is 281 g/mol. The van der Waals surface area contributed by atoms with Gasteiger partial charge in [0.1, 0.15) is 11.6 Å². The molecule has 0 bridgehead atoms. The first-order valence-corrected chi connectivity index (χ1v) is 7.28. The van der Waals surface area contributed by atoms with E-state index in [4.69, 9.17) is 11.6 Å². The molecule has 0 amide bonds. The zero-order valence-corrected chi connectivity index (χ0v) is 12.2. The van der Waals surface area contributed by atoms with Crippen LogP contribution in [0.15, 0.2) is 12.1 Å². The Hall–Kier alpha value is -1.09. The highest BCUT2D eigenvalue weighted by atomic mass is 35.5. The molecule has 1 saturated carbocycles. The minimum Gasteiger partial charge on any atom is -0.323 e. The van der Waals surface area contributed by atoms with Crippen molar-refractivity contribution in [2.24, 2.45) is 5.92 Å². The summed E-state index contributed by atoms with van der Waals surface area (Å²) in [6, 6.07) is 3.90. The van der Waals surface area contributed by atoms with E-state index in [2.05, 4.69) is 16.5 Å². The highest BCUT2D eigenvalue weighted by molar-refractivity contribution is 6.20. The van der Waals surface area contributed by atoms with Gasteiger partial charge in [0.05, 0.1) is 16.4 Å². The molecule has 19 heavy (non-hydrogen) atoms. The van der Waals surface area contributed by atoms with E-state index >= 15 is 0 Å². The predicted octanol–water partition coefficient (Wildman–Crippen LogP) is 4.75. The number of benzene rings is 1. The molecule has 1 aliphatic rings. The van der Waals surface area contributed by atoms with E-state index in [1.165, 1.54) is 18.9 Å². The smallest absolute Gasteiger partial charge is 0.128 e. The van der Waals surface area contributed by atoms with Crippen molar-refractivity contribution in [3.8, 4) is 0 Å². The van der Waals surface area contributed by atoms with Crippen LogP contribution in [0, 0.1) is 18.7 Å². The number of hydrogen-bond acceptors (Lipinski definition) is 1. The van der Waals surface area contributed by atoms with Gasteiger partial charge in [0.2, 0.25) is 0 Å². The van der Waals surface area contributed by atoms with Gasteiger partial charge in [-0.25, -0.2) is 9.37 Å². The van der Waals surface area contributed by atoms with Crippen molar-refractivity contribution in [1.29, 1.82) is 0 Å².